The maximum absolute atomic E-state index is 7.09. The van der Waals surface area contributed by atoms with Crippen molar-refractivity contribution in [2.45, 2.75) is 38.4 Å². The number of hydrogen-bond acceptors (Lipinski definition) is 5. The third kappa shape index (κ3) is 3.61. The highest BCUT2D eigenvalue weighted by Gasteiger charge is 2.43. The maximum atomic E-state index is 7.09. The van der Waals surface area contributed by atoms with Crippen molar-refractivity contribution in [2.24, 2.45) is 0 Å². The number of pyridine rings is 1. The Kier molecular flexibility index (Phi) is 5.39. The van der Waals surface area contributed by atoms with Crippen molar-refractivity contribution < 1.29 is 9.47 Å². The zero-order chi connectivity index (χ0) is 25.2. The first kappa shape index (κ1) is 23.1. The van der Waals surface area contributed by atoms with Crippen LogP contribution in [-0.2, 0) is 0 Å². The van der Waals surface area contributed by atoms with Crippen LogP contribution in [-0.4, -0.2) is 29.5 Å². The van der Waals surface area contributed by atoms with Crippen LogP contribution in [0.3, 0.4) is 0 Å². The molecule has 1 saturated heterocycles. The Morgan fingerprint density at radius 3 is 2.69 bits per heavy atom. The summed E-state index contributed by atoms with van der Waals surface area (Å²) < 4.78 is 11.2. The summed E-state index contributed by atoms with van der Waals surface area (Å²) in [6.45, 7) is 6.79. The first-order valence-corrected chi connectivity index (χ1v) is 12.7. The molecule has 0 radical (unpaired) electrons. The van der Waals surface area contributed by atoms with Gasteiger partial charge < -0.3 is 24.6 Å². The van der Waals surface area contributed by atoms with Crippen LogP contribution >= 0.6 is 23.8 Å². The van der Waals surface area contributed by atoms with Crippen LogP contribution in [0.4, 0.5) is 11.4 Å². The van der Waals surface area contributed by atoms with Crippen LogP contribution in [0.15, 0.2) is 60.8 Å². The van der Waals surface area contributed by atoms with Crippen molar-refractivity contribution in [3.8, 4) is 11.5 Å². The van der Waals surface area contributed by atoms with Gasteiger partial charge in [-0.3, -0.25) is 4.98 Å². The van der Waals surface area contributed by atoms with E-state index >= 15 is 0 Å². The van der Waals surface area contributed by atoms with E-state index in [-0.39, 0.29) is 24.4 Å². The lowest BCUT2D eigenvalue weighted by molar-refractivity contribution is 0.174. The molecule has 0 spiro atoms. The molecule has 4 heterocycles. The Morgan fingerprint density at radius 1 is 1.11 bits per heavy atom. The van der Waals surface area contributed by atoms with Gasteiger partial charge in [0, 0.05) is 41.3 Å². The number of fused-ring (bicyclic) bond motifs is 2. The van der Waals surface area contributed by atoms with Gasteiger partial charge in [0.1, 0.15) is 0 Å². The molecular formula is C28H27ClN4O2S. The topological polar surface area (TPSA) is 49.9 Å². The van der Waals surface area contributed by atoms with E-state index in [1.54, 1.807) is 6.20 Å². The molecule has 36 heavy (non-hydrogen) atoms. The van der Waals surface area contributed by atoms with Gasteiger partial charge in [-0.1, -0.05) is 23.7 Å². The lowest BCUT2D eigenvalue weighted by Gasteiger charge is -2.41. The quantitative estimate of drug-likeness (QED) is 0.410. The molecule has 0 amide bonds. The maximum Gasteiger partial charge on any atom is 0.231 e. The molecule has 2 atom stereocenters. The summed E-state index contributed by atoms with van der Waals surface area (Å²) in [4.78, 5) is 9.05. The van der Waals surface area contributed by atoms with E-state index in [0.717, 1.165) is 28.4 Å². The molecule has 184 valence electrons. The number of ether oxygens (including phenoxy) is 2. The minimum absolute atomic E-state index is 0.104. The summed E-state index contributed by atoms with van der Waals surface area (Å²) in [7, 11) is 2.11. The lowest BCUT2D eigenvalue weighted by atomic mass is 9.86. The molecule has 0 unspecified atom stereocenters. The molecule has 8 heteroatoms. The van der Waals surface area contributed by atoms with Crippen molar-refractivity contribution in [1.29, 1.82) is 0 Å². The molecule has 3 aliphatic heterocycles. The normalized spacial score (nSPS) is 21.8. The lowest BCUT2D eigenvalue weighted by Crippen LogP contribution is -2.42. The van der Waals surface area contributed by atoms with Crippen molar-refractivity contribution in [3.05, 3.63) is 82.6 Å². The molecule has 3 aromatic rings. The fraction of sp³-hybridized carbons (Fsp3) is 0.286. The third-order valence-electron chi connectivity index (χ3n) is 7.39. The van der Waals surface area contributed by atoms with E-state index in [4.69, 9.17) is 33.3 Å². The summed E-state index contributed by atoms with van der Waals surface area (Å²) in [6.07, 6.45) is 4.11. The Labute approximate surface area is 221 Å². The predicted octanol–water partition coefficient (Wildman–Crippen LogP) is 6.27. The largest absolute Gasteiger partial charge is 0.454 e. The number of aromatic nitrogens is 1. The highest BCUT2D eigenvalue weighted by Crippen LogP contribution is 2.49. The number of thiocarbonyl (C=S) groups is 1. The van der Waals surface area contributed by atoms with E-state index < -0.39 is 0 Å². The molecule has 6 nitrogen and oxygen atoms in total. The van der Waals surface area contributed by atoms with Crippen LogP contribution in [0.1, 0.15) is 49.7 Å². The van der Waals surface area contributed by atoms with Gasteiger partial charge in [0.25, 0.3) is 0 Å². The summed E-state index contributed by atoms with van der Waals surface area (Å²) in [6, 6.07) is 15.7. The predicted molar refractivity (Wildman–Crippen MR) is 148 cm³/mol. The summed E-state index contributed by atoms with van der Waals surface area (Å²) >= 11 is 13.0. The number of rotatable bonds is 3. The number of allylic oxidation sites excluding steroid dienone is 1. The number of hydrogen-bond donors (Lipinski definition) is 1. The van der Waals surface area contributed by atoms with E-state index in [9.17, 15) is 0 Å². The van der Waals surface area contributed by atoms with Crippen LogP contribution in [0.5, 0.6) is 11.5 Å². The molecule has 2 aromatic carbocycles. The van der Waals surface area contributed by atoms with Gasteiger partial charge in [0.2, 0.25) is 6.79 Å². The number of nitrogens with one attached hydrogen (secondary N) is 1. The smallest absolute Gasteiger partial charge is 0.231 e. The van der Waals surface area contributed by atoms with Gasteiger partial charge in [-0.15, -0.1) is 0 Å². The zero-order valence-corrected chi connectivity index (χ0v) is 22.2. The van der Waals surface area contributed by atoms with Gasteiger partial charge in [-0.25, -0.2) is 0 Å². The fourth-order valence-electron chi connectivity index (χ4n) is 5.40. The zero-order valence-electron chi connectivity index (χ0n) is 20.6. The van der Waals surface area contributed by atoms with E-state index in [1.807, 2.05) is 36.4 Å². The average molecular weight is 519 g/mol. The van der Waals surface area contributed by atoms with E-state index in [1.165, 1.54) is 11.1 Å². The molecule has 1 N–H and O–H groups in total. The van der Waals surface area contributed by atoms with Gasteiger partial charge in [-0.05, 0) is 80.5 Å². The standard InChI is InChI=1S/C28H27ClN4O2S/c1-16-14-28(2,3)32(4)22-13-20(29)19(12-18(16)22)26-25(21-7-5-6-10-30-21)31-27(36)33(26)17-8-9-23-24(11-17)35-15-34-23/h5-14,25-26H,15H2,1-4H3,(H,31,36)/t25-,26-/m0/s1. The van der Waals surface area contributed by atoms with E-state index in [0.29, 0.717) is 15.9 Å². The number of benzene rings is 2. The van der Waals surface area contributed by atoms with Crippen LogP contribution < -0.4 is 24.6 Å². The fourth-order valence-corrected chi connectivity index (χ4v) is 6.01. The summed E-state index contributed by atoms with van der Waals surface area (Å²) in [5.74, 6) is 1.43. The Morgan fingerprint density at radius 2 is 1.92 bits per heavy atom. The van der Waals surface area contributed by atoms with Gasteiger partial charge in [0.05, 0.1) is 23.3 Å². The monoisotopic (exact) mass is 518 g/mol. The molecule has 0 saturated carbocycles. The van der Waals surface area contributed by atoms with Crippen molar-refractivity contribution in [2.75, 3.05) is 23.6 Å². The second-order valence-corrected chi connectivity index (χ2v) is 10.8. The highest BCUT2D eigenvalue weighted by molar-refractivity contribution is 7.80. The van der Waals surface area contributed by atoms with Crippen LogP contribution in [0, 0.1) is 0 Å². The van der Waals surface area contributed by atoms with Crippen LogP contribution in [0.25, 0.3) is 5.57 Å². The number of likely N-dealkylation sites (N-methyl/N-ethyl adjacent to an activating group) is 1. The van der Waals surface area contributed by atoms with Crippen molar-refractivity contribution in [3.63, 3.8) is 0 Å². The number of halogens is 1. The Bertz CT molecular complexity index is 1410. The minimum atomic E-state index is -0.224. The molecule has 0 aliphatic carbocycles. The van der Waals surface area contributed by atoms with Crippen molar-refractivity contribution in [1.82, 2.24) is 10.3 Å². The molecule has 6 rings (SSSR count). The number of anilines is 2. The molecule has 0 bridgehead atoms. The molecule has 1 fully saturated rings. The summed E-state index contributed by atoms with van der Waals surface area (Å²) in [5.41, 5.74) is 6.19. The first-order valence-electron chi connectivity index (χ1n) is 11.9. The summed E-state index contributed by atoms with van der Waals surface area (Å²) in [5, 5.41) is 4.81. The second kappa shape index (κ2) is 8.39. The Balaban J connectivity index is 1.53. The Hall–Kier alpha value is -3.29. The first-order chi connectivity index (χ1) is 17.2. The molecular weight excluding hydrogens is 492 g/mol. The third-order valence-corrected chi connectivity index (χ3v) is 8.03. The van der Waals surface area contributed by atoms with Gasteiger partial charge in [-0.2, -0.15) is 0 Å². The number of nitrogens with zero attached hydrogens (tertiary/aromatic N) is 3. The second-order valence-electron chi connectivity index (χ2n) is 9.97. The van der Waals surface area contributed by atoms with Gasteiger partial charge in [0.15, 0.2) is 16.6 Å². The highest BCUT2D eigenvalue weighted by atomic mass is 35.5. The van der Waals surface area contributed by atoms with Crippen LogP contribution in [0.2, 0.25) is 5.02 Å². The minimum Gasteiger partial charge on any atom is -0.454 e. The average Bonchev–Trinajstić information content (AvgIpc) is 3.46. The van der Waals surface area contributed by atoms with E-state index in [2.05, 4.69) is 66.1 Å². The van der Waals surface area contributed by atoms with Crippen molar-refractivity contribution >= 4 is 45.9 Å². The molecule has 3 aliphatic rings. The molecule has 1 aromatic heterocycles. The SMILES string of the molecule is CC1=CC(C)(C)N(C)c2cc(Cl)c([C@H]3[C@H](c4ccccn4)NC(=S)N3c3ccc4c(c3)OCO4)cc21. The van der Waals surface area contributed by atoms with Gasteiger partial charge >= 0.3 is 0 Å².